The van der Waals surface area contributed by atoms with Gasteiger partial charge in [0.05, 0.1) is 0 Å². The van der Waals surface area contributed by atoms with Crippen molar-refractivity contribution in [2.24, 2.45) is 0 Å². The van der Waals surface area contributed by atoms with E-state index in [4.69, 9.17) is 11.6 Å². The van der Waals surface area contributed by atoms with Gasteiger partial charge in [0.15, 0.2) is 0 Å². The molecule has 1 aliphatic heterocycles. The molecule has 1 fully saturated rings. The molecule has 1 heterocycles. The first kappa shape index (κ1) is 16.6. The average molecular weight is 310 g/mol. The summed E-state index contributed by atoms with van der Waals surface area (Å²) in [6, 6.07) is 7.32. The van der Waals surface area contributed by atoms with Gasteiger partial charge in [-0.25, -0.2) is 0 Å². The lowest BCUT2D eigenvalue weighted by Crippen LogP contribution is -2.52. The summed E-state index contributed by atoms with van der Waals surface area (Å²) in [5.41, 5.74) is 2.52. The Morgan fingerprint density at radius 2 is 2.10 bits per heavy atom. The Hall–Kier alpha value is -0.770. The first-order valence-corrected chi connectivity index (χ1v) is 8.40. The third kappa shape index (κ3) is 4.12. The quantitative estimate of drug-likeness (QED) is 0.899. The molecule has 0 saturated carbocycles. The summed E-state index contributed by atoms with van der Waals surface area (Å²) < 4.78 is 0. The third-order valence-corrected chi connectivity index (χ3v) is 4.65. The van der Waals surface area contributed by atoms with Gasteiger partial charge in [-0.05, 0) is 25.6 Å². The highest BCUT2D eigenvalue weighted by molar-refractivity contribution is 6.31. The van der Waals surface area contributed by atoms with Gasteiger partial charge in [-0.15, -0.1) is 0 Å². The van der Waals surface area contributed by atoms with E-state index >= 15 is 0 Å². The van der Waals surface area contributed by atoms with Crippen LogP contribution in [0.2, 0.25) is 5.02 Å². The number of nitrogens with one attached hydrogen (secondary N) is 1. The number of anilines is 1. The Morgan fingerprint density at radius 3 is 2.71 bits per heavy atom. The van der Waals surface area contributed by atoms with Gasteiger partial charge in [0, 0.05) is 54.5 Å². The number of hydrogen-bond donors (Lipinski definition) is 1. The lowest BCUT2D eigenvalue weighted by molar-refractivity contribution is 0.199. The largest absolute Gasteiger partial charge is 0.368 e. The van der Waals surface area contributed by atoms with Gasteiger partial charge < -0.3 is 10.2 Å². The molecule has 1 unspecified atom stereocenters. The zero-order chi connectivity index (χ0) is 15.4. The van der Waals surface area contributed by atoms with Crippen LogP contribution in [-0.4, -0.2) is 43.2 Å². The molecular weight excluding hydrogens is 282 g/mol. The second kappa shape index (κ2) is 7.48. The Morgan fingerprint density at radius 1 is 1.33 bits per heavy atom. The summed E-state index contributed by atoms with van der Waals surface area (Å²) in [4.78, 5) is 5.02. The highest BCUT2D eigenvalue weighted by atomic mass is 35.5. The minimum atomic E-state index is 0.463. The zero-order valence-corrected chi connectivity index (χ0v) is 14.5. The number of likely N-dealkylation sites (N-methyl/N-ethyl adjacent to an activating group) is 1. The van der Waals surface area contributed by atoms with Gasteiger partial charge in [-0.1, -0.05) is 38.4 Å². The second-order valence-corrected chi connectivity index (χ2v) is 6.60. The first-order valence-electron chi connectivity index (χ1n) is 8.02. The van der Waals surface area contributed by atoms with E-state index in [9.17, 15) is 0 Å². The molecule has 118 valence electrons. The zero-order valence-electron chi connectivity index (χ0n) is 13.7. The van der Waals surface area contributed by atoms with Crippen molar-refractivity contribution in [1.29, 1.82) is 0 Å². The summed E-state index contributed by atoms with van der Waals surface area (Å²) >= 11 is 6.45. The smallest absolute Gasteiger partial charge is 0.0471 e. The molecule has 1 aliphatic rings. The lowest BCUT2D eigenvalue weighted by Gasteiger charge is -2.41. The van der Waals surface area contributed by atoms with Crippen molar-refractivity contribution in [3.63, 3.8) is 0 Å². The van der Waals surface area contributed by atoms with E-state index in [0.717, 1.165) is 37.7 Å². The number of rotatable bonds is 5. The molecule has 0 bridgehead atoms. The highest BCUT2D eigenvalue weighted by Gasteiger charge is 2.24. The predicted molar refractivity (Wildman–Crippen MR) is 92.3 cm³/mol. The number of hydrogen-bond acceptors (Lipinski definition) is 3. The van der Waals surface area contributed by atoms with Crippen LogP contribution in [0.3, 0.4) is 0 Å². The molecule has 1 N–H and O–H groups in total. The van der Waals surface area contributed by atoms with Crippen molar-refractivity contribution in [1.82, 2.24) is 10.2 Å². The van der Waals surface area contributed by atoms with Gasteiger partial charge in [0.1, 0.15) is 0 Å². The van der Waals surface area contributed by atoms with Crippen molar-refractivity contribution in [2.75, 3.05) is 31.1 Å². The summed E-state index contributed by atoms with van der Waals surface area (Å²) in [6.07, 6.45) is 0. The lowest BCUT2D eigenvalue weighted by atomic mass is 10.1. The van der Waals surface area contributed by atoms with Gasteiger partial charge in [-0.2, -0.15) is 0 Å². The van der Waals surface area contributed by atoms with E-state index in [1.807, 2.05) is 6.07 Å². The molecule has 0 aliphatic carbocycles. The molecule has 0 amide bonds. The minimum Gasteiger partial charge on any atom is -0.368 e. The molecule has 4 heteroatoms. The van der Waals surface area contributed by atoms with Crippen molar-refractivity contribution >= 4 is 17.3 Å². The summed E-state index contributed by atoms with van der Waals surface area (Å²) in [6.45, 7) is 14.1. The van der Waals surface area contributed by atoms with Crippen LogP contribution < -0.4 is 10.2 Å². The van der Waals surface area contributed by atoms with E-state index in [1.165, 1.54) is 11.3 Å². The molecule has 1 aromatic rings. The standard InChI is InChI=1S/C17H28ClN3/c1-5-20-9-10-21(12-14(20)4)17-8-6-7-16(18)15(17)11-19-13(2)3/h6-8,13-14,19H,5,9-12H2,1-4H3. The summed E-state index contributed by atoms with van der Waals surface area (Å²) in [5.74, 6) is 0. The second-order valence-electron chi connectivity index (χ2n) is 6.20. The van der Waals surface area contributed by atoms with Crippen molar-refractivity contribution in [3.8, 4) is 0 Å². The molecule has 21 heavy (non-hydrogen) atoms. The molecular formula is C17H28ClN3. The molecule has 0 radical (unpaired) electrons. The Bertz CT molecular complexity index is 461. The first-order chi connectivity index (χ1) is 10.0. The Labute approximate surface area is 134 Å². The molecule has 1 saturated heterocycles. The fourth-order valence-electron chi connectivity index (χ4n) is 3.01. The SMILES string of the molecule is CCN1CCN(c2cccc(Cl)c2CNC(C)C)CC1C. The number of piperazine rings is 1. The summed E-state index contributed by atoms with van der Waals surface area (Å²) in [5, 5.41) is 4.36. The molecule has 1 aromatic carbocycles. The van der Waals surface area contributed by atoms with Crippen LogP contribution in [0.5, 0.6) is 0 Å². The van der Waals surface area contributed by atoms with Crippen LogP contribution in [0, 0.1) is 0 Å². The molecule has 0 aromatic heterocycles. The molecule has 1 atom stereocenters. The number of nitrogens with zero attached hydrogens (tertiary/aromatic N) is 2. The van der Waals surface area contributed by atoms with Crippen molar-refractivity contribution < 1.29 is 0 Å². The Balaban J connectivity index is 2.17. The van der Waals surface area contributed by atoms with Crippen LogP contribution in [0.25, 0.3) is 0 Å². The third-order valence-electron chi connectivity index (χ3n) is 4.29. The van der Waals surface area contributed by atoms with Crippen LogP contribution >= 0.6 is 11.6 Å². The fraction of sp³-hybridized carbons (Fsp3) is 0.647. The molecule has 3 nitrogen and oxygen atoms in total. The van der Waals surface area contributed by atoms with Gasteiger partial charge >= 0.3 is 0 Å². The van der Waals surface area contributed by atoms with Gasteiger partial charge in [0.2, 0.25) is 0 Å². The van der Waals surface area contributed by atoms with Crippen molar-refractivity contribution in [3.05, 3.63) is 28.8 Å². The number of halogens is 1. The van der Waals surface area contributed by atoms with E-state index in [-0.39, 0.29) is 0 Å². The maximum atomic E-state index is 6.45. The van der Waals surface area contributed by atoms with E-state index in [2.05, 4.69) is 54.9 Å². The summed E-state index contributed by atoms with van der Waals surface area (Å²) in [7, 11) is 0. The van der Waals surface area contributed by atoms with E-state index in [0.29, 0.717) is 12.1 Å². The van der Waals surface area contributed by atoms with Gasteiger partial charge in [0.25, 0.3) is 0 Å². The fourth-order valence-corrected chi connectivity index (χ4v) is 3.24. The topological polar surface area (TPSA) is 18.5 Å². The minimum absolute atomic E-state index is 0.463. The molecule has 2 rings (SSSR count). The Kier molecular flexibility index (Phi) is 5.91. The van der Waals surface area contributed by atoms with Crippen LogP contribution in [0.1, 0.15) is 33.3 Å². The predicted octanol–water partition coefficient (Wildman–Crippen LogP) is 3.37. The van der Waals surface area contributed by atoms with Crippen LogP contribution in [0.15, 0.2) is 18.2 Å². The van der Waals surface area contributed by atoms with Crippen molar-refractivity contribution in [2.45, 2.75) is 46.3 Å². The van der Waals surface area contributed by atoms with E-state index in [1.54, 1.807) is 0 Å². The average Bonchev–Trinajstić information content (AvgIpc) is 2.45. The normalized spacial score (nSPS) is 20.3. The highest BCUT2D eigenvalue weighted by Crippen LogP contribution is 2.29. The monoisotopic (exact) mass is 309 g/mol. The molecule has 0 spiro atoms. The maximum absolute atomic E-state index is 6.45. The maximum Gasteiger partial charge on any atom is 0.0471 e. The van der Waals surface area contributed by atoms with Crippen LogP contribution in [0.4, 0.5) is 5.69 Å². The van der Waals surface area contributed by atoms with Gasteiger partial charge in [-0.3, -0.25) is 4.90 Å². The van der Waals surface area contributed by atoms with E-state index < -0.39 is 0 Å². The number of benzene rings is 1. The van der Waals surface area contributed by atoms with Crippen LogP contribution in [-0.2, 0) is 6.54 Å².